The second-order valence-electron chi connectivity index (χ2n) is 4.71. The Balaban J connectivity index is 1.82. The second kappa shape index (κ2) is 6.39. The molecule has 0 amide bonds. The molecule has 0 unspecified atom stereocenters. The van der Waals surface area contributed by atoms with Crippen molar-refractivity contribution in [1.29, 1.82) is 0 Å². The summed E-state index contributed by atoms with van der Waals surface area (Å²) in [5, 5.41) is 24.4. The molecule has 0 atom stereocenters. The maximum Gasteiger partial charge on any atom is 0.335 e. The molecular weight excluding hydrogens is 380 g/mol. The van der Waals surface area contributed by atoms with Gasteiger partial charge in [0.05, 0.1) is 11.3 Å². The van der Waals surface area contributed by atoms with Gasteiger partial charge in [-0.25, -0.2) is 9.78 Å². The average molecular weight is 391 g/mol. The number of benzene rings is 2. The van der Waals surface area contributed by atoms with E-state index in [4.69, 9.17) is 5.11 Å². The van der Waals surface area contributed by atoms with Gasteiger partial charge in [-0.3, -0.25) is 0 Å². The monoisotopic (exact) mass is 390 g/mol. The van der Waals surface area contributed by atoms with Crippen LogP contribution < -0.4 is 5.32 Å². The smallest absolute Gasteiger partial charge is 0.335 e. The molecule has 0 aliphatic rings. The summed E-state index contributed by atoms with van der Waals surface area (Å²) in [6.07, 6.45) is 0. The zero-order chi connectivity index (χ0) is 16.4. The first-order chi connectivity index (χ1) is 11.0. The van der Waals surface area contributed by atoms with Crippen LogP contribution in [0, 0.1) is 0 Å². The molecule has 23 heavy (non-hydrogen) atoms. The minimum atomic E-state index is -0.960. The molecule has 0 fully saturated rings. The summed E-state index contributed by atoms with van der Waals surface area (Å²) in [6, 6.07) is 11.6. The van der Waals surface area contributed by atoms with Gasteiger partial charge >= 0.3 is 5.97 Å². The number of phenolic OH excluding ortho intramolecular Hbond substituents is 1. The summed E-state index contributed by atoms with van der Waals surface area (Å²) >= 11 is 4.77. The molecule has 3 aromatic rings. The molecule has 0 spiro atoms. The summed E-state index contributed by atoms with van der Waals surface area (Å²) < 4.78 is 0.858. The van der Waals surface area contributed by atoms with Crippen molar-refractivity contribution in [2.45, 2.75) is 0 Å². The van der Waals surface area contributed by atoms with Crippen molar-refractivity contribution in [3.63, 3.8) is 0 Å². The normalized spacial score (nSPS) is 10.5. The van der Waals surface area contributed by atoms with E-state index in [1.54, 1.807) is 30.3 Å². The average Bonchev–Trinajstić information content (AvgIpc) is 2.98. The van der Waals surface area contributed by atoms with E-state index in [1.807, 2.05) is 5.38 Å². The lowest BCUT2D eigenvalue weighted by molar-refractivity contribution is 0.0697. The fourth-order valence-corrected chi connectivity index (χ4v) is 3.08. The van der Waals surface area contributed by atoms with Crippen molar-refractivity contribution in [2.75, 3.05) is 5.32 Å². The summed E-state index contributed by atoms with van der Waals surface area (Å²) in [5.41, 5.74) is 2.28. The highest BCUT2D eigenvalue weighted by Gasteiger charge is 2.10. The molecule has 3 rings (SSSR count). The van der Waals surface area contributed by atoms with Crippen LogP contribution in [0.1, 0.15) is 10.4 Å². The first-order valence-electron chi connectivity index (χ1n) is 6.58. The number of carboxylic acids is 1. The molecule has 0 aliphatic heterocycles. The Kier molecular flexibility index (Phi) is 4.31. The van der Waals surface area contributed by atoms with Gasteiger partial charge in [0.1, 0.15) is 5.75 Å². The molecule has 0 aliphatic carbocycles. The number of halogens is 1. The van der Waals surface area contributed by atoms with Crippen LogP contribution in [0.4, 0.5) is 10.8 Å². The molecule has 0 saturated heterocycles. The Hall–Kier alpha value is -2.38. The van der Waals surface area contributed by atoms with Crippen molar-refractivity contribution in [3.05, 3.63) is 57.9 Å². The topological polar surface area (TPSA) is 82.5 Å². The molecule has 0 bridgehead atoms. The summed E-state index contributed by atoms with van der Waals surface area (Å²) in [6.45, 7) is 0. The fourth-order valence-electron chi connectivity index (χ4n) is 1.99. The third kappa shape index (κ3) is 3.52. The molecule has 5 nitrogen and oxygen atoms in total. The van der Waals surface area contributed by atoms with Crippen LogP contribution in [0.3, 0.4) is 0 Å². The lowest BCUT2D eigenvalue weighted by atomic mass is 10.1. The van der Waals surface area contributed by atoms with Crippen LogP contribution in [0.5, 0.6) is 5.75 Å². The highest BCUT2D eigenvalue weighted by Crippen LogP contribution is 2.34. The quantitative estimate of drug-likeness (QED) is 0.600. The number of rotatable bonds is 4. The van der Waals surface area contributed by atoms with Crippen molar-refractivity contribution >= 4 is 44.1 Å². The number of aromatic nitrogens is 1. The van der Waals surface area contributed by atoms with E-state index in [9.17, 15) is 9.90 Å². The predicted octanol–water partition coefficient (Wildman–Crippen LogP) is 4.72. The molecule has 3 N–H and O–H groups in total. The van der Waals surface area contributed by atoms with Crippen molar-refractivity contribution in [2.24, 2.45) is 0 Å². The molecule has 1 aromatic heterocycles. The Labute approximate surface area is 144 Å². The molecular formula is C16H11BrN2O3S. The van der Waals surface area contributed by atoms with E-state index < -0.39 is 5.97 Å². The SMILES string of the molecule is O=C(O)c1ccc(Nc2nc(-c3cc(Br)ccc3O)cs2)cc1. The van der Waals surface area contributed by atoms with E-state index in [2.05, 4.69) is 26.2 Å². The van der Waals surface area contributed by atoms with Crippen LogP contribution >= 0.6 is 27.3 Å². The van der Waals surface area contributed by atoms with Gasteiger partial charge in [-0.15, -0.1) is 11.3 Å². The molecule has 116 valence electrons. The number of nitrogens with zero attached hydrogens (tertiary/aromatic N) is 1. The van der Waals surface area contributed by atoms with E-state index in [0.29, 0.717) is 16.4 Å². The van der Waals surface area contributed by atoms with Crippen LogP contribution in [0.25, 0.3) is 11.3 Å². The van der Waals surface area contributed by atoms with Gasteiger partial charge < -0.3 is 15.5 Å². The standard InChI is InChI=1S/C16H11BrN2O3S/c17-10-3-6-14(20)12(7-10)13-8-23-16(19-13)18-11-4-1-9(2-5-11)15(21)22/h1-8,20H,(H,18,19)(H,21,22). The van der Waals surface area contributed by atoms with Crippen LogP contribution in [-0.4, -0.2) is 21.2 Å². The molecule has 0 radical (unpaired) electrons. The maximum absolute atomic E-state index is 10.8. The van der Waals surface area contributed by atoms with Crippen molar-refractivity contribution < 1.29 is 15.0 Å². The van der Waals surface area contributed by atoms with Gasteiger partial charge in [0, 0.05) is 21.1 Å². The van der Waals surface area contributed by atoms with E-state index in [-0.39, 0.29) is 11.3 Å². The summed E-state index contributed by atoms with van der Waals surface area (Å²) in [5.74, 6) is -0.797. The number of carboxylic acid groups (broad SMARTS) is 1. The van der Waals surface area contributed by atoms with Gasteiger partial charge in [0.15, 0.2) is 5.13 Å². The number of anilines is 2. The Morgan fingerprint density at radius 1 is 1.17 bits per heavy atom. The Morgan fingerprint density at radius 3 is 2.61 bits per heavy atom. The first-order valence-corrected chi connectivity index (χ1v) is 8.25. The Bertz CT molecular complexity index is 862. The summed E-state index contributed by atoms with van der Waals surface area (Å²) in [4.78, 5) is 15.3. The lowest BCUT2D eigenvalue weighted by Crippen LogP contribution is -1.96. The van der Waals surface area contributed by atoms with Crippen molar-refractivity contribution in [1.82, 2.24) is 4.98 Å². The molecule has 7 heteroatoms. The number of nitrogens with one attached hydrogen (secondary N) is 1. The van der Waals surface area contributed by atoms with Gasteiger partial charge in [-0.1, -0.05) is 15.9 Å². The number of hydrogen-bond acceptors (Lipinski definition) is 5. The molecule has 2 aromatic carbocycles. The third-order valence-electron chi connectivity index (χ3n) is 3.12. The minimum Gasteiger partial charge on any atom is -0.507 e. The van der Waals surface area contributed by atoms with E-state index in [0.717, 1.165) is 10.2 Å². The summed E-state index contributed by atoms with van der Waals surface area (Å²) in [7, 11) is 0. The fraction of sp³-hybridized carbons (Fsp3) is 0. The van der Waals surface area contributed by atoms with Crippen LogP contribution in [-0.2, 0) is 0 Å². The number of aromatic carboxylic acids is 1. The third-order valence-corrected chi connectivity index (χ3v) is 4.37. The predicted molar refractivity (Wildman–Crippen MR) is 93.6 cm³/mol. The van der Waals surface area contributed by atoms with Gasteiger partial charge in [0.2, 0.25) is 0 Å². The number of aromatic hydroxyl groups is 1. The largest absolute Gasteiger partial charge is 0.507 e. The maximum atomic E-state index is 10.8. The van der Waals surface area contributed by atoms with Gasteiger partial charge in [-0.2, -0.15) is 0 Å². The Morgan fingerprint density at radius 2 is 1.91 bits per heavy atom. The van der Waals surface area contributed by atoms with Crippen LogP contribution in [0.15, 0.2) is 52.3 Å². The van der Waals surface area contributed by atoms with Crippen LogP contribution in [0.2, 0.25) is 0 Å². The zero-order valence-corrected chi connectivity index (χ0v) is 14.1. The first kappa shape index (κ1) is 15.5. The number of thiazole rings is 1. The zero-order valence-electron chi connectivity index (χ0n) is 11.7. The number of phenols is 1. The van der Waals surface area contributed by atoms with Gasteiger partial charge in [0.25, 0.3) is 0 Å². The molecule has 1 heterocycles. The second-order valence-corrected chi connectivity index (χ2v) is 6.48. The van der Waals surface area contributed by atoms with E-state index in [1.165, 1.54) is 23.5 Å². The lowest BCUT2D eigenvalue weighted by Gasteiger charge is -2.03. The highest BCUT2D eigenvalue weighted by atomic mass is 79.9. The van der Waals surface area contributed by atoms with Crippen molar-refractivity contribution in [3.8, 4) is 17.0 Å². The van der Waals surface area contributed by atoms with Gasteiger partial charge in [-0.05, 0) is 42.5 Å². The van der Waals surface area contributed by atoms with E-state index >= 15 is 0 Å². The number of carbonyl (C=O) groups is 1. The molecule has 0 saturated carbocycles. The minimum absolute atomic E-state index is 0.163. The number of hydrogen-bond donors (Lipinski definition) is 3. The highest BCUT2D eigenvalue weighted by molar-refractivity contribution is 9.10.